The van der Waals surface area contributed by atoms with E-state index >= 15 is 0 Å². The number of rotatable bonds is 7. The Labute approximate surface area is 174 Å². The van der Waals surface area contributed by atoms with E-state index in [2.05, 4.69) is 10.2 Å². The van der Waals surface area contributed by atoms with Gasteiger partial charge in [-0.2, -0.15) is 0 Å². The van der Waals surface area contributed by atoms with Crippen molar-refractivity contribution in [2.24, 2.45) is 0 Å². The summed E-state index contributed by atoms with van der Waals surface area (Å²) >= 11 is 8.66. The van der Waals surface area contributed by atoms with Gasteiger partial charge in [-0.15, -0.1) is 21.5 Å². The second-order valence-electron chi connectivity index (χ2n) is 5.84. The van der Waals surface area contributed by atoms with Crippen LogP contribution in [0, 0.1) is 0 Å². The predicted molar refractivity (Wildman–Crippen MR) is 107 cm³/mol. The summed E-state index contributed by atoms with van der Waals surface area (Å²) in [7, 11) is 0. The highest BCUT2D eigenvalue weighted by molar-refractivity contribution is 7.99. The number of amides is 1. The summed E-state index contributed by atoms with van der Waals surface area (Å²) in [6.07, 6.45) is 0. The molecule has 3 heterocycles. The van der Waals surface area contributed by atoms with Crippen molar-refractivity contribution in [3.8, 4) is 23.0 Å². The van der Waals surface area contributed by atoms with Gasteiger partial charge in [-0.1, -0.05) is 23.4 Å². The van der Waals surface area contributed by atoms with Crippen molar-refractivity contribution in [1.29, 1.82) is 0 Å². The Morgan fingerprint density at radius 3 is 2.89 bits per heavy atom. The van der Waals surface area contributed by atoms with Crippen molar-refractivity contribution >= 4 is 40.6 Å². The van der Waals surface area contributed by atoms with E-state index in [1.165, 1.54) is 23.1 Å². The number of carbonyl (C=O) groups excluding carboxylic acids is 1. The smallest absolute Gasteiger partial charge is 0.277 e. The van der Waals surface area contributed by atoms with E-state index in [0.29, 0.717) is 35.7 Å². The molecule has 0 bridgehead atoms. The molecule has 0 spiro atoms. The molecule has 0 fully saturated rings. The summed E-state index contributed by atoms with van der Waals surface area (Å²) in [5, 5.41) is 8.42. The quantitative estimate of drug-likeness (QED) is 0.509. The SMILES string of the molecule is CCN(Cc1ccc(Cl)s1)C(=O)CSc1nnc(-c2ccc3c(c2)OCO3)o1. The minimum Gasteiger partial charge on any atom is -0.454 e. The first-order valence-corrected chi connectivity index (χ1v) is 10.7. The highest BCUT2D eigenvalue weighted by Gasteiger charge is 2.18. The lowest BCUT2D eigenvalue weighted by Crippen LogP contribution is -2.31. The maximum Gasteiger partial charge on any atom is 0.277 e. The van der Waals surface area contributed by atoms with Crippen LogP contribution in [0.2, 0.25) is 4.34 Å². The lowest BCUT2D eigenvalue weighted by molar-refractivity contribution is -0.128. The number of hydrogen-bond donors (Lipinski definition) is 0. The van der Waals surface area contributed by atoms with Gasteiger partial charge in [0.25, 0.3) is 5.22 Å². The van der Waals surface area contributed by atoms with Crippen LogP contribution in [0.1, 0.15) is 11.8 Å². The molecule has 4 rings (SSSR count). The summed E-state index contributed by atoms with van der Waals surface area (Å²) < 4.78 is 17.0. The second-order valence-corrected chi connectivity index (χ2v) is 8.57. The molecule has 0 radical (unpaired) electrons. The van der Waals surface area contributed by atoms with Crippen molar-refractivity contribution in [3.05, 3.63) is 39.5 Å². The molecule has 0 saturated carbocycles. The van der Waals surface area contributed by atoms with Gasteiger partial charge >= 0.3 is 0 Å². The standard InChI is InChI=1S/C18H16ClN3O4S2/c1-2-22(8-12-4-6-15(19)28-12)16(23)9-27-18-21-20-17(26-18)11-3-5-13-14(7-11)25-10-24-13/h3-7H,2,8-10H2,1H3. The number of ether oxygens (including phenoxy) is 2. The van der Waals surface area contributed by atoms with Crippen molar-refractivity contribution in [2.45, 2.75) is 18.7 Å². The topological polar surface area (TPSA) is 77.7 Å². The largest absolute Gasteiger partial charge is 0.454 e. The van der Waals surface area contributed by atoms with Crippen molar-refractivity contribution < 1.29 is 18.7 Å². The Kier molecular flexibility index (Phi) is 5.74. The van der Waals surface area contributed by atoms with Crippen molar-refractivity contribution in [3.63, 3.8) is 0 Å². The fourth-order valence-corrected chi connectivity index (χ4v) is 4.40. The zero-order chi connectivity index (χ0) is 19.5. The van der Waals surface area contributed by atoms with Gasteiger partial charge in [0.2, 0.25) is 18.6 Å². The second kappa shape index (κ2) is 8.42. The van der Waals surface area contributed by atoms with E-state index < -0.39 is 0 Å². The molecule has 146 valence electrons. The molecule has 1 amide bonds. The number of fused-ring (bicyclic) bond motifs is 1. The van der Waals surface area contributed by atoms with Crippen LogP contribution in [0.5, 0.6) is 11.5 Å². The maximum absolute atomic E-state index is 12.5. The average molecular weight is 438 g/mol. The van der Waals surface area contributed by atoms with Gasteiger partial charge in [-0.25, -0.2) is 0 Å². The van der Waals surface area contributed by atoms with Crippen LogP contribution in [0.4, 0.5) is 0 Å². The number of thioether (sulfide) groups is 1. The first-order valence-electron chi connectivity index (χ1n) is 8.50. The third-order valence-corrected chi connectivity index (χ3v) is 6.07. The molecule has 1 aliphatic heterocycles. The maximum atomic E-state index is 12.5. The Morgan fingerprint density at radius 2 is 2.11 bits per heavy atom. The highest BCUT2D eigenvalue weighted by Crippen LogP contribution is 2.36. The third-order valence-electron chi connectivity index (χ3n) is 4.06. The zero-order valence-electron chi connectivity index (χ0n) is 14.9. The average Bonchev–Trinajstić information content (AvgIpc) is 3.44. The number of benzene rings is 1. The lowest BCUT2D eigenvalue weighted by Gasteiger charge is -2.19. The summed E-state index contributed by atoms with van der Waals surface area (Å²) in [4.78, 5) is 15.3. The molecule has 3 aromatic rings. The number of thiophene rings is 1. The number of halogens is 1. The number of aromatic nitrogens is 2. The minimum absolute atomic E-state index is 0.000137. The van der Waals surface area contributed by atoms with Crippen LogP contribution in [-0.4, -0.2) is 40.1 Å². The Balaban J connectivity index is 1.36. The van der Waals surface area contributed by atoms with Crippen LogP contribution < -0.4 is 9.47 Å². The minimum atomic E-state index is -0.000137. The Morgan fingerprint density at radius 1 is 1.25 bits per heavy atom. The predicted octanol–water partition coefficient (Wildman–Crippen LogP) is 4.32. The number of hydrogen-bond acceptors (Lipinski definition) is 8. The van der Waals surface area contributed by atoms with Gasteiger partial charge < -0.3 is 18.8 Å². The van der Waals surface area contributed by atoms with E-state index in [1.807, 2.05) is 25.1 Å². The first kappa shape index (κ1) is 19.1. The molecule has 0 N–H and O–H groups in total. The molecule has 0 unspecified atom stereocenters. The normalized spacial score (nSPS) is 12.4. The monoisotopic (exact) mass is 437 g/mol. The van der Waals surface area contributed by atoms with Gasteiger partial charge in [0.15, 0.2) is 11.5 Å². The molecule has 1 aliphatic rings. The highest BCUT2D eigenvalue weighted by atomic mass is 35.5. The van der Waals surface area contributed by atoms with Crippen LogP contribution in [0.3, 0.4) is 0 Å². The van der Waals surface area contributed by atoms with E-state index in [0.717, 1.165) is 14.8 Å². The van der Waals surface area contributed by atoms with Crippen LogP contribution in [0.25, 0.3) is 11.5 Å². The summed E-state index contributed by atoms with van der Waals surface area (Å²) in [5.74, 6) is 1.92. The van der Waals surface area contributed by atoms with Crippen LogP contribution in [-0.2, 0) is 11.3 Å². The molecular weight excluding hydrogens is 422 g/mol. The fraction of sp³-hybridized carbons (Fsp3) is 0.278. The van der Waals surface area contributed by atoms with E-state index in [-0.39, 0.29) is 18.5 Å². The van der Waals surface area contributed by atoms with Crippen LogP contribution in [0.15, 0.2) is 40.0 Å². The zero-order valence-corrected chi connectivity index (χ0v) is 17.3. The Bertz CT molecular complexity index is 991. The van der Waals surface area contributed by atoms with E-state index in [4.69, 9.17) is 25.5 Å². The molecule has 1 aromatic carbocycles. The summed E-state index contributed by atoms with van der Waals surface area (Å²) in [6, 6.07) is 9.19. The van der Waals surface area contributed by atoms with Crippen molar-refractivity contribution in [1.82, 2.24) is 15.1 Å². The van der Waals surface area contributed by atoms with Crippen molar-refractivity contribution in [2.75, 3.05) is 19.1 Å². The van der Waals surface area contributed by atoms with Gasteiger partial charge in [0, 0.05) is 17.0 Å². The van der Waals surface area contributed by atoms with E-state index in [9.17, 15) is 4.79 Å². The fourth-order valence-electron chi connectivity index (χ4n) is 2.63. The van der Waals surface area contributed by atoms with Gasteiger partial charge in [-0.3, -0.25) is 4.79 Å². The van der Waals surface area contributed by atoms with Gasteiger partial charge in [0.05, 0.1) is 16.6 Å². The van der Waals surface area contributed by atoms with Gasteiger partial charge in [0.1, 0.15) is 0 Å². The Hall–Kier alpha value is -2.23. The van der Waals surface area contributed by atoms with E-state index in [1.54, 1.807) is 17.0 Å². The molecule has 0 atom stereocenters. The molecule has 0 aliphatic carbocycles. The van der Waals surface area contributed by atoms with Gasteiger partial charge in [-0.05, 0) is 37.3 Å². The molecule has 2 aromatic heterocycles. The van der Waals surface area contributed by atoms with Crippen LogP contribution >= 0.6 is 34.7 Å². The number of carbonyl (C=O) groups is 1. The lowest BCUT2D eigenvalue weighted by atomic mass is 10.2. The summed E-state index contributed by atoms with van der Waals surface area (Å²) in [6.45, 7) is 3.31. The first-order chi connectivity index (χ1) is 13.6. The molecular formula is C18H16ClN3O4S2. The summed E-state index contributed by atoms with van der Waals surface area (Å²) in [5.41, 5.74) is 0.736. The third kappa shape index (κ3) is 4.26. The molecule has 0 saturated heterocycles. The number of nitrogens with zero attached hydrogens (tertiary/aromatic N) is 3. The molecule has 28 heavy (non-hydrogen) atoms. The molecule has 7 nitrogen and oxygen atoms in total. The molecule has 10 heteroatoms.